The van der Waals surface area contributed by atoms with Gasteiger partial charge in [-0.25, -0.2) is 4.98 Å². The van der Waals surface area contributed by atoms with Gasteiger partial charge in [-0.1, -0.05) is 30.3 Å². The van der Waals surface area contributed by atoms with Gasteiger partial charge in [-0.15, -0.1) is 0 Å². The fourth-order valence-electron chi connectivity index (χ4n) is 3.47. The van der Waals surface area contributed by atoms with E-state index < -0.39 is 0 Å². The number of likely N-dealkylation sites (tertiary alicyclic amines) is 1. The lowest BCUT2D eigenvalue weighted by molar-refractivity contribution is -0.136. The van der Waals surface area contributed by atoms with Crippen molar-refractivity contribution in [1.29, 1.82) is 5.26 Å². The molecule has 1 unspecified atom stereocenters. The molecule has 1 aromatic heterocycles. The highest BCUT2D eigenvalue weighted by Gasteiger charge is 2.25. The molecule has 2 aromatic carbocycles. The molecular weight excluding hydrogens is 366 g/mol. The Morgan fingerprint density at radius 2 is 2.03 bits per heavy atom. The number of aromatic nitrogens is 1. The third-order valence-corrected chi connectivity index (χ3v) is 4.97. The Morgan fingerprint density at radius 3 is 2.90 bits per heavy atom. The van der Waals surface area contributed by atoms with Gasteiger partial charge in [0.05, 0.1) is 18.2 Å². The normalized spacial score (nSPS) is 16.2. The second-order valence-electron chi connectivity index (χ2n) is 7.01. The highest BCUT2D eigenvalue weighted by molar-refractivity contribution is 5.84. The summed E-state index contributed by atoms with van der Waals surface area (Å²) in [4.78, 5) is 18.5. The number of hydrogen-bond acceptors (Lipinski definition) is 5. The third kappa shape index (κ3) is 4.64. The molecule has 0 bridgehead atoms. The lowest BCUT2D eigenvalue weighted by atomic mass is 10.1. The van der Waals surface area contributed by atoms with E-state index >= 15 is 0 Å². The summed E-state index contributed by atoms with van der Waals surface area (Å²) < 4.78 is 11.6. The summed E-state index contributed by atoms with van der Waals surface area (Å²) in [5, 5.41) is 11.2. The monoisotopic (exact) mass is 387 g/mol. The number of pyridine rings is 1. The van der Waals surface area contributed by atoms with E-state index in [-0.39, 0.29) is 18.6 Å². The average molecular weight is 387 g/mol. The van der Waals surface area contributed by atoms with Crippen LogP contribution in [0.2, 0.25) is 0 Å². The van der Waals surface area contributed by atoms with Crippen LogP contribution in [0.3, 0.4) is 0 Å². The van der Waals surface area contributed by atoms with Gasteiger partial charge < -0.3 is 14.4 Å². The lowest BCUT2D eigenvalue weighted by Crippen LogP contribution is -2.46. The minimum absolute atomic E-state index is 0.00672. The predicted octanol–water partition coefficient (Wildman–Crippen LogP) is 3.56. The van der Waals surface area contributed by atoms with Gasteiger partial charge >= 0.3 is 0 Å². The summed E-state index contributed by atoms with van der Waals surface area (Å²) in [7, 11) is 0. The molecule has 0 aliphatic carbocycles. The Balaban J connectivity index is 1.33. The molecule has 1 atom stereocenters. The molecule has 146 valence electrons. The summed E-state index contributed by atoms with van der Waals surface area (Å²) in [6, 6.07) is 19.2. The van der Waals surface area contributed by atoms with Crippen molar-refractivity contribution < 1.29 is 14.3 Å². The van der Waals surface area contributed by atoms with Crippen molar-refractivity contribution in [2.45, 2.75) is 18.9 Å². The van der Waals surface area contributed by atoms with E-state index in [0.717, 1.165) is 23.6 Å². The third-order valence-electron chi connectivity index (χ3n) is 4.97. The zero-order valence-electron chi connectivity index (χ0n) is 16.0. The van der Waals surface area contributed by atoms with E-state index in [4.69, 9.17) is 14.7 Å². The molecule has 1 aliphatic rings. The molecule has 6 heteroatoms. The highest BCUT2D eigenvalue weighted by atomic mass is 16.5. The standard InChI is InChI=1S/C23H21N3O3/c24-14-17-9-10-25-22(12-17)29-21-6-3-11-26(15-21)23(27)16-28-20-8-7-18-4-1-2-5-19(18)13-20/h1-2,4-5,7-10,12-13,21H,3,6,11,15-16H2. The van der Waals surface area contributed by atoms with Crippen molar-refractivity contribution in [3.8, 4) is 17.7 Å². The second kappa shape index (κ2) is 8.61. The Labute approximate surface area is 169 Å². The molecule has 29 heavy (non-hydrogen) atoms. The van der Waals surface area contributed by atoms with Crippen LogP contribution in [-0.2, 0) is 4.79 Å². The number of hydrogen-bond donors (Lipinski definition) is 0. The number of fused-ring (bicyclic) bond motifs is 1. The summed E-state index contributed by atoms with van der Waals surface area (Å²) >= 11 is 0. The Hall–Kier alpha value is -3.59. The van der Waals surface area contributed by atoms with Crippen LogP contribution in [0.15, 0.2) is 60.8 Å². The maximum atomic E-state index is 12.6. The fraction of sp³-hybridized carbons (Fsp3) is 0.261. The van der Waals surface area contributed by atoms with Crippen molar-refractivity contribution in [2.75, 3.05) is 19.7 Å². The number of piperidine rings is 1. The molecule has 1 amide bonds. The maximum absolute atomic E-state index is 12.6. The summed E-state index contributed by atoms with van der Waals surface area (Å²) in [5.41, 5.74) is 0.502. The number of amides is 1. The molecule has 1 saturated heterocycles. The van der Waals surface area contributed by atoms with Gasteiger partial charge in [0.2, 0.25) is 5.88 Å². The lowest BCUT2D eigenvalue weighted by Gasteiger charge is -2.32. The molecule has 6 nitrogen and oxygen atoms in total. The molecular formula is C23H21N3O3. The minimum atomic E-state index is -0.144. The van der Waals surface area contributed by atoms with Crippen molar-refractivity contribution in [3.05, 3.63) is 66.4 Å². The predicted molar refractivity (Wildman–Crippen MR) is 109 cm³/mol. The van der Waals surface area contributed by atoms with Gasteiger partial charge in [0.1, 0.15) is 11.9 Å². The van der Waals surface area contributed by atoms with Crippen molar-refractivity contribution in [2.24, 2.45) is 0 Å². The van der Waals surface area contributed by atoms with Gasteiger partial charge in [-0.05, 0) is 41.8 Å². The maximum Gasteiger partial charge on any atom is 0.260 e. The summed E-state index contributed by atoms with van der Waals surface area (Å²) in [6.07, 6.45) is 3.10. The molecule has 4 rings (SSSR count). The van der Waals surface area contributed by atoms with E-state index in [1.165, 1.54) is 0 Å². The van der Waals surface area contributed by atoms with Gasteiger partial charge in [-0.2, -0.15) is 5.26 Å². The largest absolute Gasteiger partial charge is 0.484 e. The molecule has 3 aromatic rings. The number of rotatable bonds is 5. The topological polar surface area (TPSA) is 75.5 Å². The van der Waals surface area contributed by atoms with E-state index in [0.29, 0.717) is 30.3 Å². The van der Waals surface area contributed by atoms with Gasteiger partial charge in [0.25, 0.3) is 5.91 Å². The minimum Gasteiger partial charge on any atom is -0.484 e. The van der Waals surface area contributed by atoms with Crippen LogP contribution in [0.4, 0.5) is 0 Å². The Bertz CT molecular complexity index is 1060. The molecule has 0 N–H and O–H groups in total. The number of ether oxygens (including phenoxy) is 2. The number of carbonyl (C=O) groups excluding carboxylic acids is 1. The summed E-state index contributed by atoms with van der Waals surface area (Å²) in [6.45, 7) is 1.16. The number of benzene rings is 2. The van der Waals surface area contributed by atoms with E-state index in [1.807, 2.05) is 42.5 Å². The number of carbonyl (C=O) groups is 1. The average Bonchev–Trinajstić information content (AvgIpc) is 2.77. The van der Waals surface area contributed by atoms with Crippen LogP contribution in [0, 0.1) is 11.3 Å². The first-order valence-corrected chi connectivity index (χ1v) is 9.63. The highest BCUT2D eigenvalue weighted by Crippen LogP contribution is 2.21. The summed E-state index contributed by atoms with van der Waals surface area (Å²) in [5.74, 6) is 1.03. The Kier molecular flexibility index (Phi) is 5.57. The fourth-order valence-corrected chi connectivity index (χ4v) is 3.47. The van der Waals surface area contributed by atoms with E-state index in [2.05, 4.69) is 11.1 Å². The van der Waals surface area contributed by atoms with Crippen LogP contribution in [-0.4, -0.2) is 41.6 Å². The van der Waals surface area contributed by atoms with Crippen molar-refractivity contribution >= 4 is 16.7 Å². The zero-order chi connectivity index (χ0) is 20.1. The van der Waals surface area contributed by atoms with Crippen LogP contribution >= 0.6 is 0 Å². The zero-order valence-corrected chi connectivity index (χ0v) is 16.0. The second-order valence-corrected chi connectivity index (χ2v) is 7.01. The molecule has 1 aliphatic heterocycles. The van der Waals surface area contributed by atoms with Crippen LogP contribution < -0.4 is 9.47 Å². The quantitative estimate of drug-likeness (QED) is 0.669. The molecule has 2 heterocycles. The van der Waals surface area contributed by atoms with Crippen LogP contribution in [0.5, 0.6) is 11.6 Å². The van der Waals surface area contributed by atoms with Crippen molar-refractivity contribution in [3.63, 3.8) is 0 Å². The molecule has 0 saturated carbocycles. The van der Waals surface area contributed by atoms with Gasteiger partial charge in [-0.3, -0.25) is 4.79 Å². The van der Waals surface area contributed by atoms with Crippen molar-refractivity contribution in [1.82, 2.24) is 9.88 Å². The van der Waals surface area contributed by atoms with Gasteiger partial charge in [0.15, 0.2) is 6.61 Å². The molecule has 0 spiro atoms. The molecule has 0 radical (unpaired) electrons. The first-order chi connectivity index (χ1) is 14.2. The number of nitriles is 1. The smallest absolute Gasteiger partial charge is 0.260 e. The number of nitrogens with zero attached hydrogens (tertiary/aromatic N) is 3. The first kappa shape index (κ1) is 18.8. The first-order valence-electron chi connectivity index (χ1n) is 9.63. The van der Waals surface area contributed by atoms with E-state index in [1.54, 1.807) is 23.2 Å². The molecule has 1 fully saturated rings. The SMILES string of the molecule is N#Cc1ccnc(OC2CCCN(C(=O)COc3ccc4ccccc4c3)C2)c1. The van der Waals surface area contributed by atoms with Crippen LogP contribution in [0.1, 0.15) is 18.4 Å². The van der Waals surface area contributed by atoms with Gasteiger partial charge in [0, 0.05) is 18.8 Å². The van der Waals surface area contributed by atoms with E-state index in [9.17, 15) is 4.79 Å². The van der Waals surface area contributed by atoms with Crippen LogP contribution in [0.25, 0.3) is 10.8 Å². The Morgan fingerprint density at radius 1 is 1.17 bits per heavy atom.